The van der Waals surface area contributed by atoms with Crippen molar-refractivity contribution >= 4 is 0 Å². The highest BCUT2D eigenvalue weighted by Gasteiger charge is 2.19. The molecule has 0 amide bonds. The smallest absolute Gasteiger partial charge is 0.119 e. The highest BCUT2D eigenvalue weighted by atomic mass is 16.5. The molecule has 1 aromatic rings. The van der Waals surface area contributed by atoms with Gasteiger partial charge in [0.1, 0.15) is 5.75 Å². The van der Waals surface area contributed by atoms with Crippen molar-refractivity contribution in [2.75, 3.05) is 27.2 Å². The van der Waals surface area contributed by atoms with Crippen LogP contribution in [0.2, 0.25) is 0 Å². The Balaban J connectivity index is 2.45. The summed E-state index contributed by atoms with van der Waals surface area (Å²) < 4.78 is 5.65. The molecule has 1 rings (SSSR count). The van der Waals surface area contributed by atoms with Crippen LogP contribution >= 0.6 is 0 Å². The van der Waals surface area contributed by atoms with E-state index < -0.39 is 0 Å². The van der Waals surface area contributed by atoms with E-state index >= 15 is 0 Å². The SMILES string of the molecule is CCCOc1cccc(CNCC(C)(C)N(C)C)c1. The zero-order chi connectivity index (χ0) is 14.3. The number of hydrogen-bond acceptors (Lipinski definition) is 3. The maximum Gasteiger partial charge on any atom is 0.119 e. The normalized spacial score (nSPS) is 11.9. The van der Waals surface area contributed by atoms with Crippen molar-refractivity contribution in [3.63, 3.8) is 0 Å². The zero-order valence-electron chi connectivity index (χ0n) is 13.0. The van der Waals surface area contributed by atoms with Crippen molar-refractivity contribution < 1.29 is 4.74 Å². The molecule has 0 bridgehead atoms. The molecule has 108 valence electrons. The van der Waals surface area contributed by atoms with Crippen LogP contribution in [0.3, 0.4) is 0 Å². The minimum absolute atomic E-state index is 0.163. The molecule has 0 aliphatic rings. The van der Waals surface area contributed by atoms with Gasteiger partial charge in [-0.25, -0.2) is 0 Å². The number of nitrogens with one attached hydrogen (secondary N) is 1. The summed E-state index contributed by atoms with van der Waals surface area (Å²) in [4.78, 5) is 2.24. The highest BCUT2D eigenvalue weighted by Crippen LogP contribution is 2.14. The highest BCUT2D eigenvalue weighted by molar-refractivity contribution is 5.28. The van der Waals surface area contributed by atoms with E-state index in [1.165, 1.54) is 5.56 Å². The Morgan fingerprint density at radius 3 is 2.63 bits per heavy atom. The number of hydrogen-bond donors (Lipinski definition) is 1. The second-order valence-corrected chi connectivity index (χ2v) is 5.81. The Bertz CT molecular complexity index is 375. The minimum Gasteiger partial charge on any atom is -0.494 e. The van der Waals surface area contributed by atoms with Gasteiger partial charge in [0.25, 0.3) is 0 Å². The Morgan fingerprint density at radius 1 is 1.26 bits per heavy atom. The third-order valence-corrected chi connectivity index (χ3v) is 3.47. The zero-order valence-corrected chi connectivity index (χ0v) is 13.0. The van der Waals surface area contributed by atoms with Crippen LogP contribution in [0.5, 0.6) is 5.75 Å². The molecule has 0 atom stereocenters. The van der Waals surface area contributed by atoms with Crippen molar-refractivity contribution in [3.05, 3.63) is 29.8 Å². The molecule has 0 saturated carbocycles. The first-order valence-corrected chi connectivity index (χ1v) is 7.05. The van der Waals surface area contributed by atoms with Gasteiger partial charge in [-0.15, -0.1) is 0 Å². The molecule has 1 N–H and O–H groups in total. The van der Waals surface area contributed by atoms with Crippen LogP contribution in [-0.4, -0.2) is 37.7 Å². The monoisotopic (exact) mass is 264 g/mol. The fourth-order valence-electron chi connectivity index (χ4n) is 1.64. The Labute approximate surface area is 118 Å². The van der Waals surface area contributed by atoms with Gasteiger partial charge in [-0.1, -0.05) is 19.1 Å². The maximum absolute atomic E-state index is 5.65. The summed E-state index contributed by atoms with van der Waals surface area (Å²) >= 11 is 0. The summed E-state index contributed by atoms with van der Waals surface area (Å²) in [6, 6.07) is 8.32. The molecule has 0 aliphatic carbocycles. The predicted molar refractivity (Wildman–Crippen MR) is 81.7 cm³/mol. The number of likely N-dealkylation sites (N-methyl/N-ethyl adjacent to an activating group) is 1. The molecule has 1 aromatic carbocycles. The van der Waals surface area contributed by atoms with Crippen molar-refractivity contribution in [3.8, 4) is 5.75 Å². The van der Waals surface area contributed by atoms with Crippen LogP contribution in [0.1, 0.15) is 32.8 Å². The summed E-state index contributed by atoms with van der Waals surface area (Å²) in [6.45, 7) is 9.21. The lowest BCUT2D eigenvalue weighted by Gasteiger charge is -2.32. The summed E-state index contributed by atoms with van der Waals surface area (Å²) in [5, 5.41) is 3.51. The average Bonchev–Trinajstić information content (AvgIpc) is 2.36. The molecule has 0 saturated heterocycles. The average molecular weight is 264 g/mol. The molecule has 0 radical (unpaired) electrons. The molecule has 3 nitrogen and oxygen atoms in total. The fourth-order valence-corrected chi connectivity index (χ4v) is 1.64. The molecule has 0 fully saturated rings. The van der Waals surface area contributed by atoms with Gasteiger partial charge in [0.15, 0.2) is 0 Å². The molecule has 3 heteroatoms. The van der Waals surface area contributed by atoms with E-state index in [-0.39, 0.29) is 5.54 Å². The van der Waals surface area contributed by atoms with Gasteiger partial charge < -0.3 is 15.0 Å². The van der Waals surface area contributed by atoms with Crippen LogP contribution in [0.15, 0.2) is 24.3 Å². The van der Waals surface area contributed by atoms with Crippen molar-refractivity contribution in [1.82, 2.24) is 10.2 Å². The van der Waals surface area contributed by atoms with E-state index in [2.05, 4.69) is 63.3 Å². The first-order chi connectivity index (χ1) is 8.95. The second-order valence-electron chi connectivity index (χ2n) is 5.81. The number of nitrogens with zero attached hydrogens (tertiary/aromatic N) is 1. The van der Waals surface area contributed by atoms with Gasteiger partial charge in [-0.2, -0.15) is 0 Å². The first-order valence-electron chi connectivity index (χ1n) is 7.05. The number of rotatable bonds is 8. The standard InChI is InChI=1S/C16H28N2O/c1-6-10-19-15-9-7-8-14(11-15)12-17-13-16(2,3)18(4)5/h7-9,11,17H,6,10,12-13H2,1-5H3. The molecule has 0 spiro atoms. The lowest BCUT2D eigenvalue weighted by atomic mass is 10.0. The van der Waals surface area contributed by atoms with Gasteiger partial charge in [0.05, 0.1) is 6.61 Å². The molecule has 0 unspecified atom stereocenters. The lowest BCUT2D eigenvalue weighted by Crippen LogP contribution is -2.46. The molecular weight excluding hydrogens is 236 g/mol. The Hall–Kier alpha value is -1.06. The van der Waals surface area contributed by atoms with Gasteiger partial charge in [-0.3, -0.25) is 0 Å². The molecule has 19 heavy (non-hydrogen) atoms. The van der Waals surface area contributed by atoms with Crippen LogP contribution in [0.4, 0.5) is 0 Å². The van der Waals surface area contributed by atoms with Crippen molar-refractivity contribution in [2.45, 2.75) is 39.3 Å². The third-order valence-electron chi connectivity index (χ3n) is 3.47. The lowest BCUT2D eigenvalue weighted by molar-refractivity contribution is 0.189. The topological polar surface area (TPSA) is 24.5 Å². The Morgan fingerprint density at radius 2 is 2.00 bits per heavy atom. The molecular formula is C16H28N2O. The van der Waals surface area contributed by atoms with E-state index in [0.29, 0.717) is 0 Å². The van der Waals surface area contributed by atoms with E-state index in [0.717, 1.165) is 31.9 Å². The van der Waals surface area contributed by atoms with E-state index in [1.807, 2.05) is 6.07 Å². The quantitative estimate of drug-likeness (QED) is 0.781. The Kier molecular flexibility index (Phi) is 6.32. The summed E-state index contributed by atoms with van der Waals surface area (Å²) in [5.74, 6) is 0.966. The van der Waals surface area contributed by atoms with Gasteiger partial charge in [-0.05, 0) is 52.1 Å². The molecule has 0 aromatic heterocycles. The number of benzene rings is 1. The van der Waals surface area contributed by atoms with Crippen LogP contribution < -0.4 is 10.1 Å². The van der Waals surface area contributed by atoms with E-state index in [9.17, 15) is 0 Å². The van der Waals surface area contributed by atoms with E-state index in [1.54, 1.807) is 0 Å². The molecule has 0 heterocycles. The second kappa shape index (κ2) is 7.51. The van der Waals surface area contributed by atoms with Crippen LogP contribution in [0, 0.1) is 0 Å². The largest absolute Gasteiger partial charge is 0.494 e. The third kappa shape index (κ3) is 5.62. The van der Waals surface area contributed by atoms with E-state index in [4.69, 9.17) is 4.74 Å². The fraction of sp³-hybridized carbons (Fsp3) is 0.625. The van der Waals surface area contributed by atoms with Gasteiger partial charge in [0.2, 0.25) is 0 Å². The first kappa shape index (κ1) is 16.0. The molecule has 0 aliphatic heterocycles. The van der Waals surface area contributed by atoms with Gasteiger partial charge >= 0.3 is 0 Å². The minimum atomic E-state index is 0.163. The summed E-state index contributed by atoms with van der Waals surface area (Å²) in [6.07, 6.45) is 1.04. The summed E-state index contributed by atoms with van der Waals surface area (Å²) in [5.41, 5.74) is 1.43. The number of ether oxygens (including phenoxy) is 1. The van der Waals surface area contributed by atoms with Crippen molar-refractivity contribution in [1.29, 1.82) is 0 Å². The van der Waals surface area contributed by atoms with Crippen LogP contribution in [-0.2, 0) is 6.54 Å². The summed E-state index contributed by atoms with van der Waals surface area (Å²) in [7, 11) is 4.22. The van der Waals surface area contributed by atoms with Gasteiger partial charge in [0, 0.05) is 18.6 Å². The maximum atomic E-state index is 5.65. The predicted octanol–water partition coefficient (Wildman–Crippen LogP) is 2.91. The van der Waals surface area contributed by atoms with Crippen LogP contribution in [0.25, 0.3) is 0 Å². The van der Waals surface area contributed by atoms with Crippen molar-refractivity contribution in [2.24, 2.45) is 0 Å².